The van der Waals surface area contributed by atoms with Gasteiger partial charge in [0.1, 0.15) is 0 Å². The zero-order valence-corrected chi connectivity index (χ0v) is 14.2. The SMILES string of the molecule is CCN(CC)CCC(=O)c1ccc2c(c1)c1ccccc1n2C. The van der Waals surface area contributed by atoms with Gasteiger partial charge < -0.3 is 9.47 Å². The van der Waals surface area contributed by atoms with Crippen LogP contribution in [0.15, 0.2) is 42.5 Å². The highest BCUT2D eigenvalue weighted by Crippen LogP contribution is 2.28. The lowest BCUT2D eigenvalue weighted by Gasteiger charge is -2.17. The maximum absolute atomic E-state index is 12.5. The second-order valence-corrected chi connectivity index (χ2v) is 6.01. The van der Waals surface area contributed by atoms with E-state index >= 15 is 0 Å². The second-order valence-electron chi connectivity index (χ2n) is 6.01. The van der Waals surface area contributed by atoms with E-state index in [2.05, 4.69) is 66.8 Å². The minimum Gasteiger partial charge on any atom is -0.344 e. The van der Waals surface area contributed by atoms with Crippen LogP contribution in [0.4, 0.5) is 0 Å². The molecule has 0 bridgehead atoms. The lowest BCUT2D eigenvalue weighted by molar-refractivity contribution is 0.0966. The van der Waals surface area contributed by atoms with Crippen LogP contribution in [-0.4, -0.2) is 34.9 Å². The van der Waals surface area contributed by atoms with Crippen molar-refractivity contribution in [1.29, 1.82) is 0 Å². The molecular weight excluding hydrogens is 284 g/mol. The Bertz CT molecular complexity index is 843. The molecule has 0 aliphatic rings. The molecular formula is C20H24N2O. The molecule has 3 aromatic rings. The van der Waals surface area contributed by atoms with Crippen LogP contribution in [0.5, 0.6) is 0 Å². The number of rotatable bonds is 6. The Morgan fingerprint density at radius 1 is 1.00 bits per heavy atom. The van der Waals surface area contributed by atoms with Crippen molar-refractivity contribution in [2.75, 3.05) is 19.6 Å². The number of nitrogens with zero attached hydrogens (tertiary/aromatic N) is 2. The molecule has 0 amide bonds. The van der Waals surface area contributed by atoms with Gasteiger partial charge in [0.2, 0.25) is 0 Å². The summed E-state index contributed by atoms with van der Waals surface area (Å²) in [6.07, 6.45) is 0.581. The van der Waals surface area contributed by atoms with Gasteiger partial charge in [0, 0.05) is 47.4 Å². The molecule has 0 aliphatic heterocycles. The fourth-order valence-electron chi connectivity index (χ4n) is 3.29. The van der Waals surface area contributed by atoms with E-state index in [1.54, 1.807) is 0 Å². The number of Topliss-reactive ketones (excluding diaryl/α,β-unsaturated/α-hetero) is 1. The molecule has 0 N–H and O–H groups in total. The van der Waals surface area contributed by atoms with Crippen molar-refractivity contribution in [2.24, 2.45) is 7.05 Å². The average Bonchev–Trinajstić information content (AvgIpc) is 2.88. The van der Waals surface area contributed by atoms with Crippen molar-refractivity contribution in [3.63, 3.8) is 0 Å². The van der Waals surface area contributed by atoms with Gasteiger partial charge in [0.25, 0.3) is 0 Å². The van der Waals surface area contributed by atoms with Gasteiger partial charge in [-0.05, 0) is 37.4 Å². The number of hydrogen-bond donors (Lipinski definition) is 0. The van der Waals surface area contributed by atoms with Crippen LogP contribution in [-0.2, 0) is 7.05 Å². The summed E-state index contributed by atoms with van der Waals surface area (Å²) in [7, 11) is 2.08. The van der Waals surface area contributed by atoms with Crippen molar-refractivity contribution in [2.45, 2.75) is 20.3 Å². The minimum absolute atomic E-state index is 0.228. The highest BCUT2D eigenvalue weighted by molar-refractivity contribution is 6.10. The molecule has 3 nitrogen and oxygen atoms in total. The molecule has 0 radical (unpaired) electrons. The molecule has 1 heterocycles. The van der Waals surface area contributed by atoms with Gasteiger partial charge in [-0.25, -0.2) is 0 Å². The number of aromatic nitrogens is 1. The molecule has 3 heteroatoms. The second kappa shape index (κ2) is 6.55. The predicted octanol–water partition coefficient (Wildman–Crippen LogP) is 4.25. The zero-order valence-electron chi connectivity index (χ0n) is 14.2. The Morgan fingerprint density at radius 3 is 2.43 bits per heavy atom. The van der Waals surface area contributed by atoms with Crippen molar-refractivity contribution in [1.82, 2.24) is 9.47 Å². The lowest BCUT2D eigenvalue weighted by Crippen LogP contribution is -2.25. The quantitative estimate of drug-likeness (QED) is 0.636. The van der Waals surface area contributed by atoms with E-state index in [4.69, 9.17) is 0 Å². The van der Waals surface area contributed by atoms with Crippen LogP contribution in [0, 0.1) is 0 Å². The summed E-state index contributed by atoms with van der Waals surface area (Å²) in [5.74, 6) is 0.228. The summed E-state index contributed by atoms with van der Waals surface area (Å²) in [6, 6.07) is 14.4. The molecule has 0 fully saturated rings. The molecule has 0 spiro atoms. The fraction of sp³-hybridized carbons (Fsp3) is 0.350. The molecule has 0 atom stereocenters. The topological polar surface area (TPSA) is 25.2 Å². The largest absolute Gasteiger partial charge is 0.344 e. The first-order chi connectivity index (χ1) is 11.2. The van der Waals surface area contributed by atoms with Crippen LogP contribution in [0.3, 0.4) is 0 Å². The van der Waals surface area contributed by atoms with E-state index in [0.717, 1.165) is 30.6 Å². The molecule has 120 valence electrons. The molecule has 0 saturated heterocycles. The Hall–Kier alpha value is -2.13. The Morgan fingerprint density at radius 2 is 1.70 bits per heavy atom. The lowest BCUT2D eigenvalue weighted by atomic mass is 10.0. The summed E-state index contributed by atoms with van der Waals surface area (Å²) in [6.45, 7) is 7.09. The first kappa shape index (κ1) is 15.8. The van der Waals surface area contributed by atoms with E-state index < -0.39 is 0 Å². The van der Waals surface area contributed by atoms with Gasteiger partial charge in [0.05, 0.1) is 0 Å². The third kappa shape index (κ3) is 2.89. The van der Waals surface area contributed by atoms with Gasteiger partial charge >= 0.3 is 0 Å². The van der Waals surface area contributed by atoms with Gasteiger partial charge in [-0.1, -0.05) is 32.0 Å². The first-order valence-corrected chi connectivity index (χ1v) is 8.38. The summed E-state index contributed by atoms with van der Waals surface area (Å²) in [5, 5.41) is 2.38. The highest BCUT2D eigenvalue weighted by Gasteiger charge is 2.12. The molecule has 0 saturated carbocycles. The summed E-state index contributed by atoms with van der Waals surface area (Å²) in [5.41, 5.74) is 3.20. The normalized spacial score (nSPS) is 11.7. The summed E-state index contributed by atoms with van der Waals surface area (Å²) in [4.78, 5) is 14.8. The molecule has 1 aromatic heterocycles. The number of carbonyl (C=O) groups excluding carboxylic acids is 1. The Balaban J connectivity index is 1.93. The molecule has 2 aromatic carbocycles. The van der Waals surface area contributed by atoms with Crippen LogP contribution >= 0.6 is 0 Å². The first-order valence-electron chi connectivity index (χ1n) is 8.38. The van der Waals surface area contributed by atoms with Gasteiger partial charge in [-0.15, -0.1) is 0 Å². The molecule has 3 rings (SSSR count). The predicted molar refractivity (Wildman–Crippen MR) is 97.2 cm³/mol. The zero-order chi connectivity index (χ0) is 16.4. The summed E-state index contributed by atoms with van der Waals surface area (Å²) >= 11 is 0. The number of aryl methyl sites for hydroxylation is 1. The van der Waals surface area contributed by atoms with E-state index in [0.29, 0.717) is 6.42 Å². The minimum atomic E-state index is 0.228. The van der Waals surface area contributed by atoms with Crippen LogP contribution in [0.1, 0.15) is 30.6 Å². The molecule has 0 unspecified atom stereocenters. The van der Waals surface area contributed by atoms with E-state index in [-0.39, 0.29) is 5.78 Å². The summed E-state index contributed by atoms with van der Waals surface area (Å²) < 4.78 is 2.19. The van der Waals surface area contributed by atoms with Gasteiger partial charge in [-0.3, -0.25) is 4.79 Å². The molecule has 23 heavy (non-hydrogen) atoms. The number of carbonyl (C=O) groups is 1. The number of fused-ring (bicyclic) bond motifs is 3. The number of benzene rings is 2. The van der Waals surface area contributed by atoms with Crippen molar-refractivity contribution < 1.29 is 4.79 Å². The third-order valence-corrected chi connectivity index (χ3v) is 4.78. The van der Waals surface area contributed by atoms with Crippen LogP contribution in [0.2, 0.25) is 0 Å². The van der Waals surface area contributed by atoms with E-state index in [1.807, 2.05) is 6.07 Å². The number of ketones is 1. The Kier molecular flexibility index (Phi) is 4.49. The van der Waals surface area contributed by atoms with E-state index in [9.17, 15) is 4.79 Å². The average molecular weight is 308 g/mol. The monoisotopic (exact) mass is 308 g/mol. The van der Waals surface area contributed by atoms with Gasteiger partial charge in [-0.2, -0.15) is 0 Å². The number of hydrogen-bond acceptors (Lipinski definition) is 2. The van der Waals surface area contributed by atoms with Crippen molar-refractivity contribution in [3.8, 4) is 0 Å². The van der Waals surface area contributed by atoms with Gasteiger partial charge in [0.15, 0.2) is 5.78 Å². The number of para-hydroxylation sites is 1. The van der Waals surface area contributed by atoms with Crippen molar-refractivity contribution in [3.05, 3.63) is 48.0 Å². The van der Waals surface area contributed by atoms with E-state index in [1.165, 1.54) is 16.4 Å². The van der Waals surface area contributed by atoms with Crippen LogP contribution < -0.4 is 0 Å². The smallest absolute Gasteiger partial charge is 0.164 e. The van der Waals surface area contributed by atoms with Crippen LogP contribution in [0.25, 0.3) is 21.8 Å². The molecule has 0 aliphatic carbocycles. The third-order valence-electron chi connectivity index (χ3n) is 4.78. The Labute approximate surface area is 137 Å². The van der Waals surface area contributed by atoms with Crippen molar-refractivity contribution >= 4 is 27.6 Å². The standard InChI is InChI=1S/C20H24N2O/c1-4-22(5-2)13-12-20(23)15-10-11-19-17(14-15)16-8-6-7-9-18(16)21(19)3/h6-11,14H,4-5,12-13H2,1-3H3. The maximum Gasteiger partial charge on any atom is 0.164 e. The highest BCUT2D eigenvalue weighted by atomic mass is 16.1. The maximum atomic E-state index is 12.5. The fourth-order valence-corrected chi connectivity index (χ4v) is 3.29.